The molecule has 1 saturated heterocycles. The molecule has 0 aromatic carbocycles. The molecule has 0 spiro atoms. The van der Waals surface area contributed by atoms with Crippen LogP contribution in [0.1, 0.15) is 40.3 Å². The van der Waals surface area contributed by atoms with E-state index in [-0.39, 0.29) is 0 Å². The van der Waals surface area contributed by atoms with E-state index in [0.717, 1.165) is 0 Å². The van der Waals surface area contributed by atoms with Gasteiger partial charge >= 0.3 is 7.12 Å². The van der Waals surface area contributed by atoms with E-state index in [1.165, 1.54) is 7.11 Å². The van der Waals surface area contributed by atoms with Crippen molar-refractivity contribution in [1.29, 1.82) is 0 Å². The van der Waals surface area contributed by atoms with Gasteiger partial charge in [0.1, 0.15) is 11.4 Å². The molecule has 1 aromatic heterocycles. The highest BCUT2D eigenvalue weighted by atomic mass is 19.1. The van der Waals surface area contributed by atoms with Crippen LogP contribution < -0.4 is 4.74 Å². The van der Waals surface area contributed by atoms with Gasteiger partial charge in [0, 0.05) is 12.6 Å². The fraction of sp³-hybridized carbons (Fsp3) is 0.643. The van der Waals surface area contributed by atoms with Gasteiger partial charge in [-0.3, -0.25) is 4.68 Å². The standard InChI is InChI=1S/C14H22BFN2O3/c1-9(11-10(19-7)8-17-18(11)6)12(16)15-20-13(2,3)14(4,5)21-15/h8H,1-7H3. The van der Waals surface area contributed by atoms with E-state index >= 15 is 0 Å². The topological polar surface area (TPSA) is 45.5 Å². The molecule has 2 heterocycles. The third-order valence-electron chi connectivity index (χ3n) is 4.30. The molecular formula is C14H22BFN2O3. The maximum atomic E-state index is 14.8. The van der Waals surface area contributed by atoms with Crippen LogP contribution in [0.5, 0.6) is 5.75 Å². The third-order valence-corrected chi connectivity index (χ3v) is 4.30. The lowest BCUT2D eigenvalue weighted by molar-refractivity contribution is 0.00578. The van der Waals surface area contributed by atoms with E-state index in [2.05, 4.69) is 5.10 Å². The normalized spacial score (nSPS) is 21.4. The Bertz CT molecular complexity index is 565. The number of aromatic nitrogens is 2. The molecule has 0 aliphatic carbocycles. The molecule has 0 bridgehead atoms. The van der Waals surface area contributed by atoms with E-state index in [9.17, 15) is 4.39 Å². The molecule has 0 amide bonds. The van der Waals surface area contributed by atoms with Gasteiger partial charge in [-0.15, -0.1) is 0 Å². The Balaban J connectivity index is 2.39. The van der Waals surface area contributed by atoms with Crippen LogP contribution in [0.3, 0.4) is 0 Å². The summed E-state index contributed by atoms with van der Waals surface area (Å²) in [5, 5.41) is 4.08. The Hall–Kier alpha value is -1.34. The molecule has 5 nitrogen and oxygen atoms in total. The molecule has 2 rings (SSSR count). The maximum Gasteiger partial charge on any atom is 0.525 e. The summed E-state index contributed by atoms with van der Waals surface area (Å²) in [6.07, 6.45) is 1.55. The average Bonchev–Trinajstić information content (AvgIpc) is 2.85. The van der Waals surface area contributed by atoms with Crippen LogP contribution in [0, 0.1) is 0 Å². The van der Waals surface area contributed by atoms with Gasteiger partial charge in [0.05, 0.1) is 24.5 Å². The first-order valence-corrected chi connectivity index (χ1v) is 6.89. The molecule has 0 radical (unpaired) electrons. The highest BCUT2D eigenvalue weighted by Gasteiger charge is 2.53. The van der Waals surface area contributed by atoms with Crippen molar-refractivity contribution in [2.45, 2.75) is 45.8 Å². The maximum absolute atomic E-state index is 14.8. The Morgan fingerprint density at radius 3 is 2.29 bits per heavy atom. The van der Waals surface area contributed by atoms with Crippen molar-refractivity contribution in [3.05, 3.63) is 17.6 Å². The summed E-state index contributed by atoms with van der Waals surface area (Å²) in [5.41, 5.74) is -0.650. The molecule has 1 aromatic rings. The van der Waals surface area contributed by atoms with E-state index in [1.54, 1.807) is 24.9 Å². The molecule has 21 heavy (non-hydrogen) atoms. The van der Waals surface area contributed by atoms with Crippen LogP contribution in [-0.4, -0.2) is 35.2 Å². The molecule has 7 heteroatoms. The van der Waals surface area contributed by atoms with Gasteiger partial charge in [0.2, 0.25) is 0 Å². The Kier molecular flexibility index (Phi) is 3.93. The van der Waals surface area contributed by atoms with Crippen LogP contribution in [-0.2, 0) is 16.4 Å². The van der Waals surface area contributed by atoms with Crippen molar-refractivity contribution in [2.24, 2.45) is 7.05 Å². The van der Waals surface area contributed by atoms with Crippen LogP contribution in [0.25, 0.3) is 5.57 Å². The Morgan fingerprint density at radius 2 is 1.81 bits per heavy atom. The zero-order valence-corrected chi connectivity index (χ0v) is 13.7. The second-order valence-corrected chi connectivity index (χ2v) is 6.25. The van der Waals surface area contributed by atoms with Crippen LogP contribution in [0.2, 0.25) is 0 Å². The first-order chi connectivity index (χ1) is 9.60. The summed E-state index contributed by atoms with van der Waals surface area (Å²) in [6.45, 7) is 9.22. The molecular weight excluding hydrogens is 274 g/mol. The number of hydrogen-bond donors (Lipinski definition) is 0. The van der Waals surface area contributed by atoms with E-state index in [0.29, 0.717) is 17.0 Å². The minimum absolute atomic E-state index is 0.394. The lowest BCUT2D eigenvalue weighted by atomic mass is 9.84. The summed E-state index contributed by atoms with van der Waals surface area (Å²) in [5.74, 6) is 0.515. The first kappa shape index (κ1) is 16.0. The van der Waals surface area contributed by atoms with E-state index in [4.69, 9.17) is 14.0 Å². The number of allylic oxidation sites excluding steroid dienone is 1. The Labute approximate surface area is 125 Å². The summed E-state index contributed by atoms with van der Waals surface area (Å²) in [7, 11) is 2.24. The SMILES string of the molecule is COc1cnn(C)c1C(C)=C(F)B1OC(C)(C)C(C)(C)O1. The van der Waals surface area contributed by atoms with Crippen molar-refractivity contribution in [2.75, 3.05) is 7.11 Å². The third kappa shape index (κ3) is 2.60. The van der Waals surface area contributed by atoms with Gasteiger partial charge < -0.3 is 14.0 Å². The summed E-state index contributed by atoms with van der Waals surface area (Å²) < 4.78 is 33.0. The quantitative estimate of drug-likeness (QED) is 0.805. The zero-order valence-electron chi connectivity index (χ0n) is 13.7. The lowest BCUT2D eigenvalue weighted by Crippen LogP contribution is -2.41. The predicted octanol–water partition coefficient (Wildman–Crippen LogP) is 2.76. The molecule has 1 aliphatic rings. The minimum atomic E-state index is -1.02. The second kappa shape index (κ2) is 5.14. The van der Waals surface area contributed by atoms with Crippen LogP contribution >= 0.6 is 0 Å². The Morgan fingerprint density at radius 1 is 1.29 bits per heavy atom. The molecule has 0 atom stereocenters. The number of hydrogen-bond acceptors (Lipinski definition) is 4. The number of halogens is 1. The van der Waals surface area contributed by atoms with Gasteiger partial charge in [0.25, 0.3) is 0 Å². The van der Waals surface area contributed by atoms with Gasteiger partial charge in [-0.2, -0.15) is 5.10 Å². The predicted molar refractivity (Wildman–Crippen MR) is 79.5 cm³/mol. The molecule has 0 saturated carbocycles. The summed E-state index contributed by atoms with van der Waals surface area (Å²) in [4.78, 5) is 0. The highest BCUT2D eigenvalue weighted by molar-refractivity contribution is 6.55. The second-order valence-electron chi connectivity index (χ2n) is 6.25. The molecule has 0 N–H and O–H groups in total. The fourth-order valence-electron chi connectivity index (χ4n) is 2.23. The number of aryl methyl sites for hydroxylation is 1. The van der Waals surface area contributed by atoms with Gasteiger partial charge in [0.15, 0.2) is 5.75 Å². The van der Waals surface area contributed by atoms with Crippen molar-refractivity contribution in [3.8, 4) is 5.75 Å². The number of ether oxygens (including phenoxy) is 1. The van der Waals surface area contributed by atoms with Crippen molar-refractivity contribution < 1.29 is 18.4 Å². The monoisotopic (exact) mass is 296 g/mol. The molecule has 116 valence electrons. The van der Waals surface area contributed by atoms with Crippen molar-refractivity contribution in [1.82, 2.24) is 9.78 Å². The summed E-state index contributed by atoms with van der Waals surface area (Å²) in [6, 6.07) is 0. The van der Waals surface area contributed by atoms with Gasteiger partial charge in [-0.1, -0.05) is 0 Å². The van der Waals surface area contributed by atoms with Gasteiger partial charge in [-0.25, -0.2) is 4.39 Å². The molecule has 0 unspecified atom stereocenters. The average molecular weight is 296 g/mol. The number of rotatable bonds is 3. The lowest BCUT2D eigenvalue weighted by Gasteiger charge is -2.32. The fourth-order valence-corrected chi connectivity index (χ4v) is 2.23. The first-order valence-electron chi connectivity index (χ1n) is 6.89. The van der Waals surface area contributed by atoms with Crippen molar-refractivity contribution >= 4 is 12.7 Å². The van der Waals surface area contributed by atoms with E-state index in [1.807, 2.05) is 27.7 Å². The zero-order chi connectivity index (χ0) is 16.0. The number of methoxy groups -OCH3 is 1. The van der Waals surface area contributed by atoms with E-state index < -0.39 is 24.0 Å². The molecule has 1 fully saturated rings. The number of nitrogens with zero attached hydrogens (tertiary/aromatic N) is 2. The van der Waals surface area contributed by atoms with Crippen molar-refractivity contribution in [3.63, 3.8) is 0 Å². The minimum Gasteiger partial charge on any atom is -0.493 e. The largest absolute Gasteiger partial charge is 0.525 e. The molecule has 1 aliphatic heterocycles. The van der Waals surface area contributed by atoms with Crippen LogP contribution in [0.4, 0.5) is 4.39 Å². The van der Waals surface area contributed by atoms with Crippen LogP contribution in [0.15, 0.2) is 11.9 Å². The highest BCUT2D eigenvalue weighted by Crippen LogP contribution is 2.40. The summed E-state index contributed by atoms with van der Waals surface area (Å²) >= 11 is 0. The smallest absolute Gasteiger partial charge is 0.493 e. The van der Waals surface area contributed by atoms with Gasteiger partial charge in [-0.05, 0) is 34.6 Å².